The highest BCUT2D eigenvalue weighted by molar-refractivity contribution is 5.93. The maximum Gasteiger partial charge on any atom is 0.282 e. The zero-order valence-corrected chi connectivity index (χ0v) is 16.3. The monoisotopic (exact) mass is 387 g/mol. The number of carbonyl (C=O) groups excluding carboxylic acids is 1. The first kappa shape index (κ1) is 19.7. The quantitative estimate of drug-likeness (QED) is 0.690. The molecule has 0 spiro atoms. The van der Waals surface area contributed by atoms with Crippen LogP contribution in [0, 0.1) is 20.8 Å². The zero-order valence-electron chi connectivity index (χ0n) is 16.3. The van der Waals surface area contributed by atoms with Crippen LogP contribution in [0.3, 0.4) is 0 Å². The Bertz CT molecular complexity index is 992. The van der Waals surface area contributed by atoms with Crippen molar-refractivity contribution in [3.05, 3.63) is 64.7 Å². The van der Waals surface area contributed by atoms with Gasteiger partial charge in [-0.1, -0.05) is 12.1 Å². The lowest BCUT2D eigenvalue weighted by Gasteiger charge is -2.15. The van der Waals surface area contributed by atoms with Gasteiger partial charge in [-0.15, -0.1) is 0 Å². The van der Waals surface area contributed by atoms with Crippen LogP contribution in [0.4, 0.5) is 14.5 Å². The largest absolute Gasteiger partial charge is 0.324 e. The lowest BCUT2D eigenvalue weighted by atomic mass is 10.2. The van der Waals surface area contributed by atoms with E-state index in [-0.39, 0.29) is 11.6 Å². The Balaban J connectivity index is 1.72. The molecule has 6 nitrogen and oxygen atoms in total. The molecule has 2 aromatic heterocycles. The smallest absolute Gasteiger partial charge is 0.282 e. The van der Waals surface area contributed by atoms with E-state index in [9.17, 15) is 13.6 Å². The molecule has 3 rings (SSSR count). The van der Waals surface area contributed by atoms with Crippen molar-refractivity contribution in [1.82, 2.24) is 19.6 Å². The second-order valence-electron chi connectivity index (χ2n) is 6.91. The van der Waals surface area contributed by atoms with E-state index in [4.69, 9.17) is 0 Å². The number of hydrogen-bond donors (Lipinski definition) is 1. The molecule has 0 radical (unpaired) electrons. The van der Waals surface area contributed by atoms with Gasteiger partial charge in [0, 0.05) is 17.1 Å². The number of nitrogens with zero attached hydrogens (tertiary/aromatic N) is 4. The van der Waals surface area contributed by atoms with Crippen LogP contribution in [0.2, 0.25) is 0 Å². The molecule has 28 heavy (non-hydrogen) atoms. The van der Waals surface area contributed by atoms with Crippen LogP contribution in [0.5, 0.6) is 0 Å². The minimum Gasteiger partial charge on any atom is -0.324 e. The lowest BCUT2D eigenvalue weighted by molar-refractivity contribution is -0.119. The van der Waals surface area contributed by atoms with Crippen molar-refractivity contribution in [2.24, 2.45) is 0 Å². The predicted molar refractivity (Wildman–Crippen MR) is 103 cm³/mol. The first-order chi connectivity index (χ1) is 13.2. The molecule has 0 bridgehead atoms. The van der Waals surface area contributed by atoms with E-state index in [2.05, 4.69) is 15.5 Å². The molecule has 1 amide bonds. The fraction of sp³-hybridized carbons (Fsp3) is 0.350. The Kier molecular flexibility index (Phi) is 5.58. The van der Waals surface area contributed by atoms with Crippen molar-refractivity contribution < 1.29 is 13.6 Å². The summed E-state index contributed by atoms with van der Waals surface area (Å²) in [5.41, 5.74) is 3.82. The summed E-state index contributed by atoms with van der Waals surface area (Å²) in [4.78, 5) is 12.6. The van der Waals surface area contributed by atoms with Crippen LogP contribution in [0.15, 0.2) is 36.4 Å². The number of carbonyl (C=O) groups is 1. The summed E-state index contributed by atoms with van der Waals surface area (Å²) in [6.45, 7) is 7.81. The highest BCUT2D eigenvalue weighted by Crippen LogP contribution is 2.21. The van der Waals surface area contributed by atoms with E-state index in [1.807, 2.05) is 42.8 Å². The van der Waals surface area contributed by atoms with Gasteiger partial charge in [0.05, 0.1) is 12.2 Å². The summed E-state index contributed by atoms with van der Waals surface area (Å²) in [5, 5.41) is 11.1. The second kappa shape index (κ2) is 7.92. The Labute approximate surface area is 162 Å². The van der Waals surface area contributed by atoms with Crippen LogP contribution in [0.25, 0.3) is 0 Å². The number of anilines is 1. The van der Waals surface area contributed by atoms with Crippen molar-refractivity contribution in [2.75, 3.05) is 5.32 Å². The van der Waals surface area contributed by atoms with E-state index in [0.717, 1.165) is 17.0 Å². The number of hydrogen-bond acceptors (Lipinski definition) is 3. The van der Waals surface area contributed by atoms with Crippen LogP contribution >= 0.6 is 0 Å². The molecule has 0 saturated heterocycles. The zero-order chi connectivity index (χ0) is 20.4. The van der Waals surface area contributed by atoms with Crippen LogP contribution < -0.4 is 5.32 Å². The van der Waals surface area contributed by atoms with Crippen molar-refractivity contribution >= 4 is 11.6 Å². The molecule has 0 fully saturated rings. The average Bonchev–Trinajstić information content (AvgIpc) is 3.16. The summed E-state index contributed by atoms with van der Waals surface area (Å²) in [7, 11) is 0. The lowest BCUT2D eigenvalue weighted by Crippen LogP contribution is -2.25. The second-order valence-corrected chi connectivity index (χ2v) is 6.91. The van der Waals surface area contributed by atoms with Crippen molar-refractivity contribution in [2.45, 2.75) is 46.7 Å². The molecule has 1 N–H and O–H groups in total. The molecule has 0 aliphatic rings. The van der Waals surface area contributed by atoms with Gasteiger partial charge < -0.3 is 5.32 Å². The number of benzene rings is 1. The van der Waals surface area contributed by atoms with Crippen molar-refractivity contribution in [3.63, 3.8) is 0 Å². The van der Waals surface area contributed by atoms with Crippen molar-refractivity contribution in [3.8, 4) is 0 Å². The normalized spacial score (nSPS) is 12.4. The third-order valence-corrected chi connectivity index (χ3v) is 4.54. The maximum absolute atomic E-state index is 12.8. The van der Waals surface area contributed by atoms with Crippen LogP contribution in [0.1, 0.15) is 47.7 Å². The minimum absolute atomic E-state index is 0.324. The third kappa shape index (κ3) is 4.27. The van der Waals surface area contributed by atoms with Gasteiger partial charge in [-0.3, -0.25) is 14.2 Å². The summed E-state index contributed by atoms with van der Waals surface area (Å²) >= 11 is 0. The summed E-state index contributed by atoms with van der Waals surface area (Å²) < 4.78 is 28.9. The number of nitrogens with one attached hydrogen (secondary N) is 1. The van der Waals surface area contributed by atoms with Gasteiger partial charge in [-0.2, -0.15) is 10.2 Å². The fourth-order valence-electron chi connectivity index (χ4n) is 3.12. The average molecular weight is 387 g/mol. The van der Waals surface area contributed by atoms with E-state index in [0.29, 0.717) is 17.9 Å². The standard InChI is InChI=1S/C20H23F2N5O/c1-12-8-13(2)26(24-12)11-16-6-5-7-17(10-16)23-20(28)15(4)27-14(3)9-18(25-27)19(21)22/h5-10,15,19H,11H2,1-4H3,(H,23,28). The Morgan fingerprint density at radius 3 is 2.46 bits per heavy atom. The van der Waals surface area contributed by atoms with Gasteiger partial charge in [-0.25, -0.2) is 8.78 Å². The van der Waals surface area contributed by atoms with Gasteiger partial charge in [-0.05, 0) is 57.5 Å². The van der Waals surface area contributed by atoms with Gasteiger partial charge in [0.25, 0.3) is 6.43 Å². The highest BCUT2D eigenvalue weighted by atomic mass is 19.3. The highest BCUT2D eigenvalue weighted by Gasteiger charge is 2.21. The van der Waals surface area contributed by atoms with E-state index >= 15 is 0 Å². The van der Waals surface area contributed by atoms with Gasteiger partial charge >= 0.3 is 0 Å². The van der Waals surface area contributed by atoms with Crippen molar-refractivity contribution in [1.29, 1.82) is 0 Å². The molecule has 1 unspecified atom stereocenters. The van der Waals surface area contributed by atoms with E-state index < -0.39 is 12.5 Å². The fourth-order valence-corrected chi connectivity index (χ4v) is 3.12. The molecular formula is C20H23F2N5O. The number of aryl methyl sites for hydroxylation is 3. The van der Waals surface area contributed by atoms with Gasteiger partial charge in [0.2, 0.25) is 5.91 Å². The molecule has 2 heterocycles. The first-order valence-electron chi connectivity index (χ1n) is 8.99. The molecular weight excluding hydrogens is 364 g/mol. The van der Waals surface area contributed by atoms with Crippen LogP contribution in [-0.4, -0.2) is 25.5 Å². The number of rotatable bonds is 6. The van der Waals surface area contributed by atoms with Gasteiger partial charge in [0.1, 0.15) is 11.7 Å². The van der Waals surface area contributed by atoms with E-state index in [1.54, 1.807) is 19.9 Å². The van der Waals surface area contributed by atoms with Gasteiger partial charge in [0.15, 0.2) is 0 Å². The molecule has 0 saturated carbocycles. The molecule has 0 aliphatic heterocycles. The summed E-state index contributed by atoms with van der Waals surface area (Å²) in [6, 6.07) is 10.1. The molecule has 1 aromatic carbocycles. The molecule has 0 aliphatic carbocycles. The molecule has 8 heteroatoms. The summed E-state index contributed by atoms with van der Waals surface area (Å²) in [5.74, 6) is -0.324. The third-order valence-electron chi connectivity index (χ3n) is 4.54. The number of amides is 1. The number of alkyl halides is 2. The Hall–Kier alpha value is -3.03. The summed E-state index contributed by atoms with van der Waals surface area (Å²) in [6.07, 6.45) is -2.67. The Morgan fingerprint density at radius 2 is 1.86 bits per heavy atom. The topological polar surface area (TPSA) is 64.7 Å². The molecule has 3 aromatic rings. The maximum atomic E-state index is 12.8. The number of halogens is 2. The van der Waals surface area contributed by atoms with Crippen LogP contribution in [-0.2, 0) is 11.3 Å². The SMILES string of the molecule is Cc1cc(C)n(Cc2cccc(NC(=O)C(C)n3nc(C(F)F)cc3C)c2)n1. The Morgan fingerprint density at radius 1 is 1.11 bits per heavy atom. The minimum atomic E-state index is -2.67. The number of aromatic nitrogens is 4. The molecule has 148 valence electrons. The first-order valence-corrected chi connectivity index (χ1v) is 8.99. The molecule has 1 atom stereocenters. The predicted octanol–water partition coefficient (Wildman–Crippen LogP) is 4.19. The van der Waals surface area contributed by atoms with E-state index in [1.165, 1.54) is 10.7 Å².